The predicted molar refractivity (Wildman–Crippen MR) is 91.2 cm³/mol. The molecule has 0 aliphatic heterocycles. The van der Waals surface area contributed by atoms with Crippen LogP contribution in [-0.2, 0) is 4.74 Å². The molecular formula is C18H29N3O3. The van der Waals surface area contributed by atoms with Crippen LogP contribution in [0.25, 0.3) is 0 Å². The molecule has 0 saturated heterocycles. The highest BCUT2D eigenvalue weighted by atomic mass is 16.6. The standard InChI is InChI=1S/C18H29N3O3/c1-12-16(10-21(20-12)14-6-5-7-14)23-11-13-8-9-15(13)19-17(22)24-18(2,3)4/h10,13-15H,5-9,11H2,1-4H3,(H,19,22)/t13-,15+/m0/s1. The number of carbonyl (C=O) groups is 1. The molecule has 2 fully saturated rings. The first-order chi connectivity index (χ1) is 11.3. The molecular weight excluding hydrogens is 306 g/mol. The molecule has 0 aromatic carbocycles. The average molecular weight is 335 g/mol. The Morgan fingerprint density at radius 1 is 1.33 bits per heavy atom. The van der Waals surface area contributed by atoms with Crippen LogP contribution in [0.15, 0.2) is 6.20 Å². The quantitative estimate of drug-likeness (QED) is 0.893. The Labute approximate surface area is 143 Å². The van der Waals surface area contributed by atoms with Gasteiger partial charge in [0.2, 0.25) is 0 Å². The molecule has 3 rings (SSSR count). The summed E-state index contributed by atoms with van der Waals surface area (Å²) < 4.78 is 13.3. The van der Waals surface area contributed by atoms with Gasteiger partial charge in [0.15, 0.2) is 5.75 Å². The summed E-state index contributed by atoms with van der Waals surface area (Å²) in [5.41, 5.74) is 0.477. The number of aromatic nitrogens is 2. The zero-order valence-electron chi connectivity index (χ0n) is 15.2. The number of ether oxygens (including phenoxy) is 2. The van der Waals surface area contributed by atoms with Gasteiger partial charge in [0, 0.05) is 12.0 Å². The lowest BCUT2D eigenvalue weighted by molar-refractivity contribution is 0.0401. The number of rotatable bonds is 5. The van der Waals surface area contributed by atoms with Gasteiger partial charge in [0.05, 0.1) is 18.8 Å². The first-order valence-corrected chi connectivity index (χ1v) is 9.00. The summed E-state index contributed by atoms with van der Waals surface area (Å²) in [6.45, 7) is 8.21. The summed E-state index contributed by atoms with van der Waals surface area (Å²) >= 11 is 0. The summed E-state index contributed by atoms with van der Waals surface area (Å²) in [6, 6.07) is 0.688. The van der Waals surface area contributed by atoms with E-state index in [9.17, 15) is 4.79 Å². The molecule has 1 aromatic heterocycles. The Hall–Kier alpha value is -1.72. The number of hydrogen-bond acceptors (Lipinski definition) is 4. The van der Waals surface area contributed by atoms with E-state index in [-0.39, 0.29) is 12.1 Å². The van der Waals surface area contributed by atoms with Crippen LogP contribution in [-0.4, -0.2) is 34.1 Å². The van der Waals surface area contributed by atoms with E-state index >= 15 is 0 Å². The zero-order chi connectivity index (χ0) is 17.3. The van der Waals surface area contributed by atoms with E-state index in [4.69, 9.17) is 9.47 Å². The van der Waals surface area contributed by atoms with E-state index in [1.807, 2.05) is 38.6 Å². The molecule has 134 valence electrons. The Balaban J connectivity index is 1.46. The van der Waals surface area contributed by atoms with E-state index in [1.165, 1.54) is 19.3 Å². The first-order valence-electron chi connectivity index (χ1n) is 9.00. The normalized spacial score (nSPS) is 24.0. The molecule has 1 heterocycles. The van der Waals surface area contributed by atoms with Crippen LogP contribution in [0.2, 0.25) is 0 Å². The van der Waals surface area contributed by atoms with Gasteiger partial charge in [-0.3, -0.25) is 4.68 Å². The number of amides is 1. The van der Waals surface area contributed by atoms with Gasteiger partial charge < -0.3 is 14.8 Å². The summed E-state index contributed by atoms with van der Waals surface area (Å²) in [5.74, 6) is 1.20. The predicted octanol–water partition coefficient (Wildman–Crippen LogP) is 3.60. The summed E-state index contributed by atoms with van der Waals surface area (Å²) in [6.07, 6.45) is 7.44. The Kier molecular flexibility index (Phi) is 4.74. The molecule has 2 atom stereocenters. The number of hydrogen-bond donors (Lipinski definition) is 1. The van der Waals surface area contributed by atoms with Gasteiger partial charge >= 0.3 is 6.09 Å². The topological polar surface area (TPSA) is 65.4 Å². The lowest BCUT2D eigenvalue weighted by Gasteiger charge is -2.37. The summed E-state index contributed by atoms with van der Waals surface area (Å²) in [4.78, 5) is 11.9. The molecule has 0 radical (unpaired) electrons. The number of nitrogens with zero attached hydrogens (tertiary/aromatic N) is 2. The molecule has 2 saturated carbocycles. The van der Waals surface area contributed by atoms with Gasteiger partial charge in [-0.1, -0.05) is 0 Å². The minimum atomic E-state index is -0.465. The fourth-order valence-electron chi connectivity index (χ4n) is 3.06. The van der Waals surface area contributed by atoms with Crippen molar-refractivity contribution >= 4 is 6.09 Å². The van der Waals surface area contributed by atoms with Crippen molar-refractivity contribution in [1.82, 2.24) is 15.1 Å². The van der Waals surface area contributed by atoms with Crippen LogP contribution in [0.5, 0.6) is 5.75 Å². The van der Waals surface area contributed by atoms with Crippen molar-refractivity contribution in [3.05, 3.63) is 11.9 Å². The molecule has 24 heavy (non-hydrogen) atoms. The van der Waals surface area contributed by atoms with Gasteiger partial charge in [-0.25, -0.2) is 4.79 Å². The maximum Gasteiger partial charge on any atom is 0.407 e. The van der Waals surface area contributed by atoms with E-state index in [2.05, 4.69) is 10.4 Å². The lowest BCUT2D eigenvalue weighted by Crippen LogP contribution is -2.50. The van der Waals surface area contributed by atoms with E-state index in [0.717, 1.165) is 24.3 Å². The molecule has 0 spiro atoms. The lowest BCUT2D eigenvalue weighted by atomic mass is 9.80. The van der Waals surface area contributed by atoms with Crippen molar-refractivity contribution in [3.8, 4) is 5.75 Å². The van der Waals surface area contributed by atoms with Crippen molar-refractivity contribution < 1.29 is 14.3 Å². The van der Waals surface area contributed by atoms with Crippen LogP contribution >= 0.6 is 0 Å². The smallest absolute Gasteiger partial charge is 0.407 e. The molecule has 0 unspecified atom stereocenters. The Morgan fingerprint density at radius 3 is 2.62 bits per heavy atom. The van der Waals surface area contributed by atoms with Crippen molar-refractivity contribution in [2.75, 3.05) is 6.61 Å². The third-order valence-corrected chi connectivity index (χ3v) is 4.89. The van der Waals surface area contributed by atoms with Crippen LogP contribution in [0.4, 0.5) is 4.79 Å². The minimum Gasteiger partial charge on any atom is -0.490 e. The zero-order valence-corrected chi connectivity index (χ0v) is 15.2. The SMILES string of the molecule is Cc1nn(C2CCC2)cc1OC[C@@H]1CC[C@H]1NC(=O)OC(C)(C)C. The second-order valence-corrected chi connectivity index (χ2v) is 8.04. The van der Waals surface area contributed by atoms with E-state index < -0.39 is 5.60 Å². The maximum atomic E-state index is 11.9. The van der Waals surface area contributed by atoms with Crippen LogP contribution in [0, 0.1) is 12.8 Å². The van der Waals surface area contributed by atoms with Crippen molar-refractivity contribution in [2.24, 2.45) is 5.92 Å². The second-order valence-electron chi connectivity index (χ2n) is 8.04. The molecule has 2 aliphatic rings. The fraction of sp³-hybridized carbons (Fsp3) is 0.778. The third kappa shape index (κ3) is 4.02. The van der Waals surface area contributed by atoms with Crippen molar-refractivity contribution in [3.63, 3.8) is 0 Å². The van der Waals surface area contributed by atoms with Gasteiger partial charge in [0.1, 0.15) is 11.3 Å². The molecule has 2 aliphatic carbocycles. The fourth-order valence-corrected chi connectivity index (χ4v) is 3.06. The molecule has 1 amide bonds. The second kappa shape index (κ2) is 6.65. The summed E-state index contributed by atoms with van der Waals surface area (Å²) in [5, 5.41) is 7.52. The van der Waals surface area contributed by atoms with Gasteiger partial charge in [-0.2, -0.15) is 5.10 Å². The highest BCUT2D eigenvalue weighted by molar-refractivity contribution is 5.68. The van der Waals surface area contributed by atoms with Crippen LogP contribution in [0.3, 0.4) is 0 Å². The minimum absolute atomic E-state index is 0.141. The largest absolute Gasteiger partial charge is 0.490 e. The third-order valence-electron chi connectivity index (χ3n) is 4.89. The molecule has 0 bridgehead atoms. The maximum absolute atomic E-state index is 11.9. The highest BCUT2D eigenvalue weighted by Crippen LogP contribution is 2.33. The average Bonchev–Trinajstić information content (AvgIpc) is 2.72. The number of nitrogens with one attached hydrogen (secondary N) is 1. The first kappa shape index (κ1) is 17.1. The van der Waals surface area contributed by atoms with Crippen molar-refractivity contribution in [1.29, 1.82) is 0 Å². The number of aryl methyl sites for hydroxylation is 1. The molecule has 6 nitrogen and oxygen atoms in total. The number of alkyl carbamates (subject to hydrolysis) is 1. The molecule has 1 N–H and O–H groups in total. The van der Waals surface area contributed by atoms with E-state index in [1.54, 1.807) is 0 Å². The Bertz CT molecular complexity index is 587. The van der Waals surface area contributed by atoms with Gasteiger partial charge in [0.25, 0.3) is 0 Å². The van der Waals surface area contributed by atoms with Gasteiger partial charge in [-0.05, 0) is 59.8 Å². The Morgan fingerprint density at radius 2 is 2.08 bits per heavy atom. The van der Waals surface area contributed by atoms with Crippen molar-refractivity contribution in [2.45, 2.75) is 77.5 Å². The van der Waals surface area contributed by atoms with Gasteiger partial charge in [-0.15, -0.1) is 0 Å². The van der Waals surface area contributed by atoms with Crippen LogP contribution in [0.1, 0.15) is 64.6 Å². The molecule has 1 aromatic rings. The van der Waals surface area contributed by atoms with Crippen LogP contribution < -0.4 is 10.1 Å². The van der Waals surface area contributed by atoms with E-state index in [0.29, 0.717) is 18.6 Å². The highest BCUT2D eigenvalue weighted by Gasteiger charge is 2.34. The molecule has 6 heteroatoms. The number of carbonyl (C=O) groups excluding carboxylic acids is 1. The monoisotopic (exact) mass is 335 g/mol. The summed E-state index contributed by atoms with van der Waals surface area (Å²) in [7, 11) is 0.